The normalized spacial score (nSPS) is 11.4. The number of anilines is 1. The second kappa shape index (κ2) is 14.0. The molecule has 3 amide bonds. The highest BCUT2D eigenvalue weighted by Gasteiger charge is 2.25. The first-order chi connectivity index (χ1) is 16.8. The van der Waals surface area contributed by atoms with Gasteiger partial charge in [0.1, 0.15) is 5.75 Å². The molecule has 1 atom stereocenters. The molecule has 4 N–H and O–H groups in total. The van der Waals surface area contributed by atoms with Crippen molar-refractivity contribution in [2.24, 2.45) is 0 Å². The Morgan fingerprint density at radius 3 is 2.34 bits per heavy atom. The summed E-state index contributed by atoms with van der Waals surface area (Å²) >= 11 is 0. The zero-order valence-electron chi connectivity index (χ0n) is 19.7. The molecule has 0 saturated heterocycles. The predicted molar refractivity (Wildman–Crippen MR) is 131 cm³/mol. The van der Waals surface area contributed by atoms with Crippen molar-refractivity contribution < 1.29 is 29.0 Å². The first kappa shape index (κ1) is 26.9. The van der Waals surface area contributed by atoms with Crippen molar-refractivity contribution in [3.63, 3.8) is 0 Å². The van der Waals surface area contributed by atoms with E-state index in [0.717, 1.165) is 10.6 Å². The van der Waals surface area contributed by atoms with Gasteiger partial charge in [-0.2, -0.15) is 0 Å². The van der Waals surface area contributed by atoms with Crippen LogP contribution in [0.2, 0.25) is 0 Å². The van der Waals surface area contributed by atoms with Gasteiger partial charge >= 0.3 is 5.97 Å². The largest absolute Gasteiger partial charge is 0.494 e. The number of amides is 3. The number of carbonyl (C=O) groups excluding carboxylic acids is 3. The zero-order chi connectivity index (χ0) is 25.6. The molecule has 2 rings (SSSR count). The number of carboxylic acids is 1. The summed E-state index contributed by atoms with van der Waals surface area (Å²) in [5, 5.41) is 15.4. The highest BCUT2D eigenvalue weighted by Crippen LogP contribution is 2.17. The molecule has 0 radical (unpaired) electrons. The molecule has 10 nitrogen and oxygen atoms in total. The van der Waals surface area contributed by atoms with Crippen molar-refractivity contribution in [3.8, 4) is 5.75 Å². The summed E-state index contributed by atoms with van der Waals surface area (Å²) in [5.41, 5.74) is 3.79. The minimum atomic E-state index is -1.17. The number of carbonyl (C=O) groups is 4. The minimum Gasteiger partial charge on any atom is -0.494 e. The van der Waals surface area contributed by atoms with Crippen LogP contribution in [0.3, 0.4) is 0 Å². The molecule has 0 fully saturated rings. The third-order valence-electron chi connectivity index (χ3n) is 4.60. The molecule has 0 spiro atoms. The Bertz CT molecular complexity index is 1020. The fourth-order valence-electron chi connectivity index (χ4n) is 2.95. The number of benzene rings is 2. The lowest BCUT2D eigenvalue weighted by Crippen LogP contribution is -2.57. The fourth-order valence-corrected chi connectivity index (χ4v) is 2.95. The molecule has 0 aliphatic heterocycles. The second-order valence-electron chi connectivity index (χ2n) is 7.45. The van der Waals surface area contributed by atoms with E-state index in [2.05, 4.69) is 16.1 Å². The summed E-state index contributed by atoms with van der Waals surface area (Å²) in [5.74, 6) is -1.83. The molecule has 2 aromatic rings. The van der Waals surface area contributed by atoms with Crippen molar-refractivity contribution in [3.05, 3.63) is 66.2 Å². The van der Waals surface area contributed by atoms with Crippen LogP contribution in [0.15, 0.2) is 60.7 Å². The van der Waals surface area contributed by atoms with Crippen LogP contribution in [0.4, 0.5) is 5.69 Å². The van der Waals surface area contributed by atoms with Gasteiger partial charge in [0.15, 0.2) is 6.17 Å². The molecule has 0 heterocycles. The highest BCUT2D eigenvalue weighted by atomic mass is 16.5. The summed E-state index contributed by atoms with van der Waals surface area (Å²) in [6, 6.07) is 15.9. The molecular formula is C25H30N4O6. The number of hydrogen-bond acceptors (Lipinski definition) is 6. The van der Waals surface area contributed by atoms with Crippen LogP contribution in [0.5, 0.6) is 5.75 Å². The lowest BCUT2D eigenvalue weighted by Gasteiger charge is -2.27. The van der Waals surface area contributed by atoms with E-state index in [-0.39, 0.29) is 19.6 Å². The number of hydrogen-bond donors (Lipinski definition) is 4. The molecule has 0 saturated carbocycles. The summed E-state index contributed by atoms with van der Waals surface area (Å²) in [7, 11) is 0. The first-order valence-corrected chi connectivity index (χ1v) is 11.1. The molecule has 1 unspecified atom stereocenters. The third kappa shape index (κ3) is 9.99. The predicted octanol–water partition coefficient (Wildman–Crippen LogP) is 2.40. The average molecular weight is 483 g/mol. The number of rotatable bonds is 12. The highest BCUT2D eigenvalue weighted by molar-refractivity contribution is 5.96. The van der Waals surface area contributed by atoms with Gasteiger partial charge in [0, 0.05) is 31.7 Å². The third-order valence-corrected chi connectivity index (χ3v) is 4.60. The van der Waals surface area contributed by atoms with E-state index in [4.69, 9.17) is 9.84 Å². The van der Waals surface area contributed by atoms with Gasteiger partial charge in [-0.15, -0.1) is 0 Å². The van der Waals surface area contributed by atoms with E-state index in [1.54, 1.807) is 37.3 Å². The smallest absolute Gasteiger partial charge is 0.303 e. The van der Waals surface area contributed by atoms with E-state index in [1.807, 2.05) is 30.3 Å². The molecular weight excluding hydrogens is 452 g/mol. The minimum absolute atomic E-state index is 0.0179. The van der Waals surface area contributed by atoms with Crippen molar-refractivity contribution >= 4 is 35.5 Å². The van der Waals surface area contributed by atoms with E-state index in [0.29, 0.717) is 17.9 Å². The lowest BCUT2D eigenvalue weighted by molar-refractivity contribution is -0.142. The number of carboxylic acid groups (broad SMARTS) is 1. The SMILES string of the molecule is CCN(NC(C)=O)C(=O)C(NC(=O)C=Cc1ccccc1)Nc1ccc(OCCCC(=O)O)cc1. The maximum absolute atomic E-state index is 13.1. The van der Waals surface area contributed by atoms with Gasteiger partial charge < -0.3 is 20.5 Å². The van der Waals surface area contributed by atoms with Crippen molar-refractivity contribution in [2.75, 3.05) is 18.5 Å². The number of nitrogens with zero attached hydrogens (tertiary/aromatic N) is 1. The molecule has 35 heavy (non-hydrogen) atoms. The fraction of sp³-hybridized carbons (Fsp3) is 0.280. The second-order valence-corrected chi connectivity index (χ2v) is 7.45. The number of nitrogens with one attached hydrogen (secondary N) is 3. The molecule has 0 aromatic heterocycles. The van der Waals surface area contributed by atoms with Crippen LogP contribution < -0.4 is 20.8 Å². The van der Waals surface area contributed by atoms with Gasteiger partial charge in [0.2, 0.25) is 11.8 Å². The molecule has 10 heteroatoms. The zero-order valence-corrected chi connectivity index (χ0v) is 19.7. The molecule has 0 aliphatic carbocycles. The Labute approximate surface area is 203 Å². The summed E-state index contributed by atoms with van der Waals surface area (Å²) in [6.07, 6.45) is 2.17. The summed E-state index contributed by atoms with van der Waals surface area (Å²) in [4.78, 5) is 47.7. The van der Waals surface area contributed by atoms with Gasteiger partial charge in [0.05, 0.1) is 6.61 Å². The molecule has 2 aromatic carbocycles. The van der Waals surface area contributed by atoms with Crippen LogP contribution in [0.1, 0.15) is 32.3 Å². The van der Waals surface area contributed by atoms with Gasteiger partial charge in [0.25, 0.3) is 5.91 Å². The maximum atomic E-state index is 13.1. The van der Waals surface area contributed by atoms with Gasteiger partial charge in [-0.1, -0.05) is 30.3 Å². The Morgan fingerprint density at radius 1 is 1.06 bits per heavy atom. The van der Waals surface area contributed by atoms with E-state index in [9.17, 15) is 19.2 Å². The van der Waals surface area contributed by atoms with Gasteiger partial charge in [-0.25, -0.2) is 0 Å². The first-order valence-electron chi connectivity index (χ1n) is 11.1. The van der Waals surface area contributed by atoms with Crippen molar-refractivity contribution in [2.45, 2.75) is 32.9 Å². The number of hydrazine groups is 1. The Balaban J connectivity index is 2.10. The average Bonchev–Trinajstić information content (AvgIpc) is 2.84. The standard InChI is InChI=1S/C25H30N4O6/c1-3-29(28-18(2)30)25(34)24(27-22(31)16-11-19-8-5-4-6-9-19)26-20-12-14-21(15-13-20)35-17-7-10-23(32)33/h4-6,8-9,11-16,24,26H,3,7,10,17H2,1-2H3,(H,27,31)(H,28,30)(H,32,33). The van der Waals surface area contributed by atoms with Gasteiger partial charge in [-0.05, 0) is 49.2 Å². The Morgan fingerprint density at radius 2 is 1.74 bits per heavy atom. The Hall–Kier alpha value is -4.34. The number of ether oxygens (including phenoxy) is 1. The Kier molecular flexibility index (Phi) is 10.8. The maximum Gasteiger partial charge on any atom is 0.303 e. The van der Waals surface area contributed by atoms with E-state index < -0.39 is 29.9 Å². The topological polar surface area (TPSA) is 137 Å². The van der Waals surface area contributed by atoms with Crippen LogP contribution >= 0.6 is 0 Å². The van der Waals surface area contributed by atoms with Crippen molar-refractivity contribution in [1.29, 1.82) is 0 Å². The number of likely N-dealkylation sites (N-methyl/N-ethyl adjacent to an activating group) is 1. The number of aliphatic carboxylic acids is 1. The van der Waals surface area contributed by atoms with Gasteiger partial charge in [-0.3, -0.25) is 29.6 Å². The summed E-state index contributed by atoms with van der Waals surface area (Å²) in [6.45, 7) is 3.43. The lowest BCUT2D eigenvalue weighted by atomic mass is 10.2. The summed E-state index contributed by atoms with van der Waals surface area (Å²) < 4.78 is 5.51. The van der Waals surface area contributed by atoms with Crippen LogP contribution in [0, 0.1) is 0 Å². The van der Waals surface area contributed by atoms with E-state index >= 15 is 0 Å². The molecule has 0 aliphatic rings. The molecule has 186 valence electrons. The van der Waals surface area contributed by atoms with Crippen molar-refractivity contribution in [1.82, 2.24) is 15.8 Å². The van der Waals surface area contributed by atoms with Crippen LogP contribution in [-0.2, 0) is 19.2 Å². The molecule has 0 bridgehead atoms. The van der Waals surface area contributed by atoms with E-state index in [1.165, 1.54) is 13.0 Å². The monoisotopic (exact) mass is 482 g/mol. The van der Waals surface area contributed by atoms with Crippen LogP contribution in [0.25, 0.3) is 6.08 Å². The quantitative estimate of drug-likeness (QED) is 0.158. The van der Waals surface area contributed by atoms with Crippen LogP contribution in [-0.4, -0.2) is 53.1 Å².